The molecule has 9 nitrogen and oxygen atoms in total. The second-order valence-corrected chi connectivity index (χ2v) is 7.40. The number of hydrogen-bond acceptors (Lipinski definition) is 7. The van der Waals surface area contributed by atoms with Crippen LogP contribution in [0.3, 0.4) is 0 Å². The molecule has 0 atom stereocenters. The summed E-state index contributed by atoms with van der Waals surface area (Å²) >= 11 is 0. The minimum absolute atomic E-state index is 0. The van der Waals surface area contributed by atoms with E-state index in [2.05, 4.69) is 10.2 Å². The van der Waals surface area contributed by atoms with Gasteiger partial charge in [-0.1, -0.05) is 0 Å². The van der Waals surface area contributed by atoms with Crippen LogP contribution in [0.5, 0.6) is 17.2 Å². The Labute approximate surface area is 182 Å². The largest absolute Gasteiger partial charge is 0.479 e. The molecule has 0 aromatic heterocycles. The van der Waals surface area contributed by atoms with Crippen LogP contribution in [0.25, 0.3) is 0 Å². The molecule has 3 aliphatic rings. The first kappa shape index (κ1) is 22.5. The lowest BCUT2D eigenvalue weighted by Crippen LogP contribution is -2.38. The maximum absolute atomic E-state index is 12.7. The number of carbonyl (C=O) groups is 2. The highest BCUT2D eigenvalue weighted by atomic mass is 35.5. The molecule has 0 bridgehead atoms. The van der Waals surface area contributed by atoms with Crippen LogP contribution in [0.4, 0.5) is 0 Å². The fourth-order valence-electron chi connectivity index (χ4n) is 3.76. The average Bonchev–Trinajstić information content (AvgIpc) is 3.21. The van der Waals surface area contributed by atoms with Gasteiger partial charge in [0.05, 0.1) is 18.8 Å². The average molecular weight is 442 g/mol. The molecular weight excluding hydrogens is 414 g/mol. The quantitative estimate of drug-likeness (QED) is 0.622. The molecule has 4 rings (SSSR count). The lowest BCUT2D eigenvalue weighted by atomic mass is 9.97. The van der Waals surface area contributed by atoms with Crippen molar-refractivity contribution in [1.29, 1.82) is 0 Å². The number of likely N-dealkylation sites (N-methyl/N-ethyl adjacent to an activating group) is 1. The van der Waals surface area contributed by atoms with E-state index in [1.54, 1.807) is 11.9 Å². The third kappa shape index (κ3) is 4.91. The van der Waals surface area contributed by atoms with Crippen LogP contribution >= 0.6 is 12.4 Å². The highest BCUT2D eigenvalue weighted by molar-refractivity contribution is 6.01. The number of hydrogen-bond donors (Lipinski definition) is 1. The number of carbonyl (C=O) groups excluding carboxylic acids is 2. The van der Waals surface area contributed by atoms with E-state index in [9.17, 15) is 9.59 Å². The van der Waals surface area contributed by atoms with Gasteiger partial charge >= 0.3 is 0 Å². The summed E-state index contributed by atoms with van der Waals surface area (Å²) in [6, 6.07) is 1.83. The van der Waals surface area contributed by atoms with E-state index < -0.39 is 0 Å². The zero-order valence-electron chi connectivity index (χ0n) is 17.1. The summed E-state index contributed by atoms with van der Waals surface area (Å²) in [6.07, 6.45) is 1.57. The maximum Gasteiger partial charge on any atom is 0.257 e. The minimum atomic E-state index is -0.228. The molecule has 2 amide bonds. The highest BCUT2D eigenvalue weighted by Gasteiger charge is 2.33. The number of nitrogens with one attached hydrogen (secondary N) is 1. The molecule has 0 aliphatic carbocycles. The van der Waals surface area contributed by atoms with Crippen molar-refractivity contribution in [3.8, 4) is 17.2 Å². The van der Waals surface area contributed by atoms with E-state index in [1.165, 1.54) is 0 Å². The van der Waals surface area contributed by atoms with Crippen molar-refractivity contribution in [1.82, 2.24) is 15.1 Å². The maximum atomic E-state index is 12.7. The summed E-state index contributed by atoms with van der Waals surface area (Å²) in [6.45, 7) is 5.44. The van der Waals surface area contributed by atoms with Crippen molar-refractivity contribution in [2.75, 3.05) is 66.4 Å². The van der Waals surface area contributed by atoms with Crippen molar-refractivity contribution in [2.24, 2.45) is 0 Å². The first-order chi connectivity index (χ1) is 14.1. The topological polar surface area (TPSA) is 89.6 Å². The lowest BCUT2D eigenvalue weighted by Gasteiger charge is -2.27. The molecule has 1 aromatic carbocycles. The van der Waals surface area contributed by atoms with Gasteiger partial charge in [0.2, 0.25) is 12.5 Å². The van der Waals surface area contributed by atoms with Gasteiger partial charge in [0, 0.05) is 33.2 Å². The second-order valence-electron chi connectivity index (χ2n) is 7.40. The van der Waals surface area contributed by atoms with Crippen LogP contribution in [-0.4, -0.2) is 88.0 Å². The van der Waals surface area contributed by atoms with Gasteiger partial charge in [-0.15, -0.1) is 12.4 Å². The molecule has 1 aromatic rings. The molecule has 166 valence electrons. The Balaban J connectivity index is 0.00000256. The Bertz CT molecular complexity index is 784. The van der Waals surface area contributed by atoms with Crippen LogP contribution in [0.1, 0.15) is 22.3 Å². The van der Waals surface area contributed by atoms with Gasteiger partial charge in [-0.25, -0.2) is 0 Å². The van der Waals surface area contributed by atoms with Crippen molar-refractivity contribution in [3.63, 3.8) is 0 Å². The van der Waals surface area contributed by atoms with Gasteiger partial charge in [-0.3, -0.25) is 14.5 Å². The minimum Gasteiger partial charge on any atom is -0.479 e. The first-order valence-electron chi connectivity index (χ1n) is 10.0. The summed E-state index contributed by atoms with van der Waals surface area (Å²) in [5, 5.41) is 2.87. The predicted molar refractivity (Wildman–Crippen MR) is 111 cm³/mol. The molecule has 1 saturated heterocycles. The molecule has 10 heteroatoms. The molecule has 0 unspecified atom stereocenters. The first-order valence-corrected chi connectivity index (χ1v) is 10.0. The Hall–Kier alpha value is -2.23. The van der Waals surface area contributed by atoms with Gasteiger partial charge < -0.3 is 29.2 Å². The van der Waals surface area contributed by atoms with Crippen LogP contribution in [-0.2, 0) is 16.0 Å². The standard InChI is InChI=1S/C20H27N3O6.ClH/c1-22-6-3-14-11-15-18(29-13-28-15)19(17(14)20(22)25)27-12-16(24)21-4-2-5-23-7-9-26-10-8-23;/h11H,2-10,12-13H2,1H3,(H,21,24);1H. The van der Waals surface area contributed by atoms with Crippen molar-refractivity contribution in [2.45, 2.75) is 12.8 Å². The number of rotatable bonds is 7. The van der Waals surface area contributed by atoms with E-state index in [0.717, 1.165) is 44.8 Å². The Kier molecular flexibility index (Phi) is 7.63. The molecule has 30 heavy (non-hydrogen) atoms. The van der Waals surface area contributed by atoms with Crippen LogP contribution in [0.15, 0.2) is 6.07 Å². The summed E-state index contributed by atoms with van der Waals surface area (Å²) in [4.78, 5) is 28.9. The van der Waals surface area contributed by atoms with E-state index in [4.69, 9.17) is 18.9 Å². The van der Waals surface area contributed by atoms with Gasteiger partial charge in [-0.05, 0) is 31.0 Å². The fraction of sp³-hybridized carbons (Fsp3) is 0.600. The number of halogens is 1. The highest BCUT2D eigenvalue weighted by Crippen LogP contribution is 2.46. The molecule has 3 heterocycles. The number of amides is 2. The zero-order valence-corrected chi connectivity index (χ0v) is 17.9. The van der Waals surface area contributed by atoms with E-state index in [-0.39, 0.29) is 37.6 Å². The number of nitrogens with zero attached hydrogens (tertiary/aromatic N) is 2. The molecular formula is C20H28ClN3O6. The third-order valence-electron chi connectivity index (χ3n) is 5.40. The van der Waals surface area contributed by atoms with Gasteiger partial charge in [0.25, 0.3) is 11.8 Å². The fourth-order valence-corrected chi connectivity index (χ4v) is 3.76. The van der Waals surface area contributed by atoms with Crippen LogP contribution < -0.4 is 19.5 Å². The smallest absolute Gasteiger partial charge is 0.257 e. The van der Waals surface area contributed by atoms with Gasteiger partial charge in [0.1, 0.15) is 0 Å². The van der Waals surface area contributed by atoms with Crippen LogP contribution in [0, 0.1) is 0 Å². The van der Waals surface area contributed by atoms with Crippen molar-refractivity contribution in [3.05, 3.63) is 17.2 Å². The van der Waals surface area contributed by atoms with Gasteiger partial charge in [-0.2, -0.15) is 0 Å². The zero-order chi connectivity index (χ0) is 20.2. The number of fused-ring (bicyclic) bond motifs is 2. The summed E-state index contributed by atoms with van der Waals surface area (Å²) in [7, 11) is 1.75. The Morgan fingerprint density at radius 1 is 1.23 bits per heavy atom. The number of benzene rings is 1. The summed E-state index contributed by atoms with van der Waals surface area (Å²) < 4.78 is 22.1. The molecule has 1 N–H and O–H groups in total. The van der Waals surface area contributed by atoms with Crippen molar-refractivity contribution < 1.29 is 28.5 Å². The van der Waals surface area contributed by atoms with Gasteiger partial charge in [0.15, 0.2) is 18.1 Å². The lowest BCUT2D eigenvalue weighted by molar-refractivity contribution is -0.123. The SMILES string of the molecule is CN1CCc2cc3c(c(OCC(=O)NCCCN4CCOCC4)c2C1=O)OCO3.Cl. The Morgan fingerprint density at radius 2 is 2.03 bits per heavy atom. The third-order valence-corrected chi connectivity index (χ3v) is 5.40. The predicted octanol–water partition coefficient (Wildman–Crippen LogP) is 0.682. The number of ether oxygens (including phenoxy) is 4. The summed E-state index contributed by atoms with van der Waals surface area (Å²) in [5.74, 6) is 0.892. The monoisotopic (exact) mass is 441 g/mol. The number of morpholine rings is 1. The molecule has 1 fully saturated rings. The molecule has 0 radical (unpaired) electrons. The van der Waals surface area contributed by atoms with E-state index >= 15 is 0 Å². The van der Waals surface area contributed by atoms with Crippen LogP contribution in [0.2, 0.25) is 0 Å². The molecule has 0 spiro atoms. The normalized spacial score (nSPS) is 17.9. The summed E-state index contributed by atoms with van der Waals surface area (Å²) in [5.41, 5.74) is 1.32. The molecule has 0 saturated carbocycles. The van der Waals surface area contributed by atoms with Crippen molar-refractivity contribution >= 4 is 24.2 Å². The van der Waals surface area contributed by atoms with E-state index in [0.29, 0.717) is 42.3 Å². The molecule has 3 aliphatic heterocycles. The second kappa shape index (κ2) is 10.2. The Morgan fingerprint density at radius 3 is 2.83 bits per heavy atom. The van der Waals surface area contributed by atoms with E-state index in [1.807, 2.05) is 6.07 Å².